The zero-order chi connectivity index (χ0) is 14.0. The van der Waals surface area contributed by atoms with Gasteiger partial charge >= 0.3 is 0 Å². The van der Waals surface area contributed by atoms with Crippen LogP contribution in [0.2, 0.25) is 5.02 Å². The smallest absolute Gasteiger partial charge is 0.204 e. The molecule has 0 amide bonds. The van der Waals surface area contributed by atoms with E-state index in [1.807, 2.05) is 50.4 Å². The number of benzene rings is 1. The molecule has 19 heavy (non-hydrogen) atoms. The Hall–Kier alpha value is -1.20. The van der Waals surface area contributed by atoms with Gasteiger partial charge in [-0.2, -0.15) is 0 Å². The minimum absolute atomic E-state index is 0.691. The lowest BCUT2D eigenvalue weighted by Crippen LogP contribution is -2.15. The Morgan fingerprint density at radius 2 is 2.16 bits per heavy atom. The molecule has 1 aromatic heterocycles. The Labute approximate surface area is 126 Å². The Morgan fingerprint density at radius 3 is 2.79 bits per heavy atom. The Kier molecular flexibility index (Phi) is 4.37. The number of hydrogen-bond donors (Lipinski definition) is 1. The predicted molar refractivity (Wildman–Crippen MR) is 84.0 cm³/mol. The Bertz CT molecular complexity index is 580. The highest BCUT2D eigenvalue weighted by molar-refractivity contribution is 9.10. The van der Waals surface area contributed by atoms with E-state index in [-0.39, 0.29) is 0 Å². The standard InChI is InChI=1S/C13H16BrClN4/c1-18(2)13-17-8-9(19(13)3)7-16-11-6-4-5-10(15)12(11)14/h4-6,8,16H,7H2,1-3H3. The van der Waals surface area contributed by atoms with Gasteiger partial charge in [0.05, 0.1) is 33.6 Å². The van der Waals surface area contributed by atoms with Crippen molar-refractivity contribution in [2.45, 2.75) is 6.54 Å². The normalized spacial score (nSPS) is 10.6. The molecule has 0 aliphatic heterocycles. The van der Waals surface area contributed by atoms with E-state index in [0.717, 1.165) is 21.8 Å². The molecule has 1 aromatic carbocycles. The van der Waals surface area contributed by atoms with Gasteiger partial charge in [0.25, 0.3) is 0 Å². The van der Waals surface area contributed by atoms with Crippen molar-refractivity contribution in [2.75, 3.05) is 24.3 Å². The summed E-state index contributed by atoms with van der Waals surface area (Å²) in [7, 11) is 5.96. The molecule has 0 spiro atoms. The third-order valence-electron chi connectivity index (χ3n) is 2.87. The van der Waals surface area contributed by atoms with Crippen LogP contribution in [-0.4, -0.2) is 23.6 Å². The highest BCUT2D eigenvalue weighted by atomic mass is 79.9. The fourth-order valence-corrected chi connectivity index (χ4v) is 2.42. The summed E-state index contributed by atoms with van der Waals surface area (Å²) in [5.41, 5.74) is 2.08. The van der Waals surface area contributed by atoms with Crippen LogP contribution in [0.25, 0.3) is 0 Å². The van der Waals surface area contributed by atoms with E-state index in [1.165, 1.54) is 0 Å². The number of halogens is 2. The summed E-state index contributed by atoms with van der Waals surface area (Å²) in [6.07, 6.45) is 1.88. The molecule has 0 radical (unpaired) electrons. The van der Waals surface area contributed by atoms with E-state index >= 15 is 0 Å². The maximum Gasteiger partial charge on any atom is 0.204 e. The van der Waals surface area contributed by atoms with E-state index in [9.17, 15) is 0 Å². The van der Waals surface area contributed by atoms with E-state index in [2.05, 4.69) is 30.8 Å². The second kappa shape index (κ2) is 5.84. The Morgan fingerprint density at radius 1 is 1.42 bits per heavy atom. The summed E-state index contributed by atoms with van der Waals surface area (Å²) < 4.78 is 2.94. The lowest BCUT2D eigenvalue weighted by Gasteiger charge is -2.13. The zero-order valence-electron chi connectivity index (χ0n) is 11.1. The molecule has 1 N–H and O–H groups in total. The third kappa shape index (κ3) is 3.04. The number of imidazole rings is 1. The van der Waals surface area contributed by atoms with Crippen molar-refractivity contribution in [1.82, 2.24) is 9.55 Å². The van der Waals surface area contributed by atoms with Crippen molar-refractivity contribution in [3.63, 3.8) is 0 Å². The van der Waals surface area contributed by atoms with Gasteiger partial charge in [0.15, 0.2) is 0 Å². The number of nitrogens with one attached hydrogen (secondary N) is 1. The summed E-state index contributed by atoms with van der Waals surface area (Å²) in [5, 5.41) is 4.05. The second-order valence-corrected chi connectivity index (χ2v) is 5.66. The molecule has 0 atom stereocenters. The topological polar surface area (TPSA) is 33.1 Å². The molecule has 4 nitrogen and oxygen atoms in total. The average Bonchev–Trinajstić information content (AvgIpc) is 2.73. The summed E-state index contributed by atoms with van der Waals surface area (Å²) >= 11 is 9.54. The van der Waals surface area contributed by atoms with Gasteiger partial charge in [0.2, 0.25) is 5.95 Å². The molecule has 102 valence electrons. The number of rotatable bonds is 4. The number of nitrogens with zero attached hydrogens (tertiary/aromatic N) is 3. The molecular weight excluding hydrogens is 328 g/mol. The molecule has 1 heterocycles. The number of anilines is 2. The zero-order valence-corrected chi connectivity index (χ0v) is 13.5. The third-order valence-corrected chi connectivity index (χ3v) is 4.27. The lowest BCUT2D eigenvalue weighted by atomic mass is 10.3. The minimum atomic E-state index is 0.691. The van der Waals surface area contributed by atoms with Crippen molar-refractivity contribution in [3.8, 4) is 0 Å². The van der Waals surface area contributed by atoms with Gasteiger partial charge in [-0.25, -0.2) is 4.98 Å². The van der Waals surface area contributed by atoms with Gasteiger partial charge in [-0.15, -0.1) is 0 Å². The SMILES string of the molecule is CN(C)c1ncc(CNc2cccc(Cl)c2Br)n1C. The first-order valence-corrected chi connectivity index (χ1v) is 7.03. The van der Waals surface area contributed by atoms with Crippen LogP contribution in [0.15, 0.2) is 28.9 Å². The lowest BCUT2D eigenvalue weighted by molar-refractivity contribution is 0.814. The molecule has 0 unspecified atom stereocenters. The molecule has 0 aliphatic carbocycles. The van der Waals surface area contributed by atoms with Crippen molar-refractivity contribution in [2.24, 2.45) is 7.05 Å². The monoisotopic (exact) mass is 342 g/mol. The second-order valence-electron chi connectivity index (χ2n) is 4.46. The first-order valence-electron chi connectivity index (χ1n) is 5.86. The first-order chi connectivity index (χ1) is 9.00. The van der Waals surface area contributed by atoms with Crippen LogP contribution in [0.1, 0.15) is 5.69 Å². The van der Waals surface area contributed by atoms with Crippen LogP contribution in [0, 0.1) is 0 Å². The molecular formula is C13H16BrClN4. The quantitative estimate of drug-likeness (QED) is 0.922. The van der Waals surface area contributed by atoms with Crippen LogP contribution < -0.4 is 10.2 Å². The van der Waals surface area contributed by atoms with Crippen molar-refractivity contribution < 1.29 is 0 Å². The molecule has 0 bridgehead atoms. The van der Waals surface area contributed by atoms with Gasteiger partial charge in [0.1, 0.15) is 0 Å². The van der Waals surface area contributed by atoms with Crippen LogP contribution >= 0.6 is 27.5 Å². The number of aromatic nitrogens is 2. The highest BCUT2D eigenvalue weighted by Crippen LogP contribution is 2.30. The summed E-state index contributed by atoms with van der Waals surface area (Å²) in [5.74, 6) is 0.932. The largest absolute Gasteiger partial charge is 0.378 e. The van der Waals surface area contributed by atoms with Crippen molar-refractivity contribution >= 4 is 39.2 Å². The molecule has 2 rings (SSSR count). The summed E-state index contributed by atoms with van der Waals surface area (Å²) in [4.78, 5) is 6.36. The van der Waals surface area contributed by atoms with E-state index in [4.69, 9.17) is 11.6 Å². The Balaban J connectivity index is 2.13. The highest BCUT2D eigenvalue weighted by Gasteiger charge is 2.09. The maximum atomic E-state index is 6.06. The molecule has 0 fully saturated rings. The van der Waals surface area contributed by atoms with Gasteiger partial charge in [-0.3, -0.25) is 0 Å². The van der Waals surface area contributed by atoms with Crippen LogP contribution in [0.5, 0.6) is 0 Å². The number of hydrogen-bond acceptors (Lipinski definition) is 3. The van der Waals surface area contributed by atoms with Gasteiger partial charge in [0, 0.05) is 21.1 Å². The van der Waals surface area contributed by atoms with Crippen molar-refractivity contribution in [1.29, 1.82) is 0 Å². The molecule has 0 saturated heterocycles. The van der Waals surface area contributed by atoms with Gasteiger partial charge in [-0.05, 0) is 28.1 Å². The van der Waals surface area contributed by atoms with Crippen LogP contribution in [0.4, 0.5) is 11.6 Å². The van der Waals surface area contributed by atoms with Gasteiger partial charge < -0.3 is 14.8 Å². The van der Waals surface area contributed by atoms with Crippen LogP contribution in [0.3, 0.4) is 0 Å². The molecule has 0 saturated carbocycles. The molecule has 2 aromatic rings. The summed E-state index contributed by atoms with van der Waals surface area (Å²) in [6, 6.07) is 5.76. The van der Waals surface area contributed by atoms with Crippen molar-refractivity contribution in [3.05, 3.63) is 39.6 Å². The summed E-state index contributed by atoms with van der Waals surface area (Å²) in [6.45, 7) is 0.691. The average molecular weight is 344 g/mol. The first kappa shape index (κ1) is 14.2. The molecule has 6 heteroatoms. The minimum Gasteiger partial charge on any atom is -0.378 e. The predicted octanol–water partition coefficient (Wildman–Crippen LogP) is 3.51. The fourth-order valence-electron chi connectivity index (χ4n) is 1.84. The van der Waals surface area contributed by atoms with Gasteiger partial charge in [-0.1, -0.05) is 17.7 Å². The fraction of sp³-hybridized carbons (Fsp3) is 0.308. The van der Waals surface area contributed by atoms with E-state index in [1.54, 1.807) is 0 Å². The maximum absolute atomic E-state index is 6.06. The molecule has 0 aliphatic rings. The van der Waals surface area contributed by atoms with E-state index < -0.39 is 0 Å². The van der Waals surface area contributed by atoms with E-state index in [0.29, 0.717) is 11.6 Å². The van der Waals surface area contributed by atoms with Crippen LogP contribution in [-0.2, 0) is 13.6 Å².